The van der Waals surface area contributed by atoms with E-state index in [1.54, 1.807) is 0 Å². The third-order valence-electron chi connectivity index (χ3n) is 5.05. The first kappa shape index (κ1) is 22.5. The molecule has 1 fully saturated rings. The lowest BCUT2D eigenvalue weighted by atomic mass is 10.0. The number of nitriles is 1. The SMILES string of the molecule is N#C/C(=C/NC1CCN(Cc2ccccc2)CC1)C(=O)Nc1cccc(S(=O)(=O)O)c1. The molecule has 9 heteroatoms. The molecule has 1 aliphatic heterocycles. The molecule has 1 amide bonds. The summed E-state index contributed by atoms with van der Waals surface area (Å²) in [5.41, 5.74) is 1.31. The lowest BCUT2D eigenvalue weighted by Crippen LogP contribution is -2.40. The van der Waals surface area contributed by atoms with E-state index in [4.69, 9.17) is 4.55 Å². The quantitative estimate of drug-likeness (QED) is 0.343. The van der Waals surface area contributed by atoms with Crippen LogP contribution in [0.1, 0.15) is 18.4 Å². The van der Waals surface area contributed by atoms with Crippen LogP contribution >= 0.6 is 0 Å². The van der Waals surface area contributed by atoms with Crippen LogP contribution in [0.15, 0.2) is 71.3 Å². The van der Waals surface area contributed by atoms with Gasteiger partial charge in [-0.15, -0.1) is 0 Å². The Bertz CT molecular complexity index is 1090. The first-order chi connectivity index (χ1) is 14.8. The van der Waals surface area contributed by atoms with Gasteiger partial charge in [0.2, 0.25) is 0 Å². The van der Waals surface area contributed by atoms with Gasteiger partial charge in [0.15, 0.2) is 0 Å². The van der Waals surface area contributed by atoms with Crippen LogP contribution in [0.3, 0.4) is 0 Å². The molecule has 0 aromatic heterocycles. The molecule has 2 aromatic carbocycles. The molecule has 31 heavy (non-hydrogen) atoms. The number of rotatable bonds is 7. The van der Waals surface area contributed by atoms with Gasteiger partial charge in [-0.3, -0.25) is 14.2 Å². The van der Waals surface area contributed by atoms with Gasteiger partial charge in [0.25, 0.3) is 16.0 Å². The van der Waals surface area contributed by atoms with Gasteiger partial charge in [0.05, 0.1) is 4.90 Å². The number of nitrogens with zero attached hydrogens (tertiary/aromatic N) is 2. The molecule has 0 bridgehead atoms. The summed E-state index contributed by atoms with van der Waals surface area (Å²) in [5, 5.41) is 15.0. The minimum atomic E-state index is -4.38. The molecule has 3 N–H and O–H groups in total. The lowest BCUT2D eigenvalue weighted by Gasteiger charge is -2.32. The van der Waals surface area contributed by atoms with Gasteiger partial charge in [0, 0.05) is 37.6 Å². The number of carbonyl (C=O) groups excluding carboxylic acids is 1. The minimum absolute atomic E-state index is 0.121. The molecule has 0 atom stereocenters. The van der Waals surface area contributed by atoms with Crippen LogP contribution in [0.2, 0.25) is 0 Å². The van der Waals surface area contributed by atoms with Gasteiger partial charge < -0.3 is 10.6 Å². The Morgan fingerprint density at radius 3 is 2.52 bits per heavy atom. The average Bonchev–Trinajstić information content (AvgIpc) is 2.75. The minimum Gasteiger partial charge on any atom is -0.387 e. The molecule has 162 valence electrons. The van der Waals surface area contributed by atoms with Crippen molar-refractivity contribution in [3.05, 3.63) is 71.9 Å². The number of benzene rings is 2. The van der Waals surface area contributed by atoms with Crippen molar-refractivity contribution in [2.45, 2.75) is 30.3 Å². The number of amides is 1. The zero-order valence-electron chi connectivity index (χ0n) is 16.9. The van der Waals surface area contributed by atoms with E-state index in [0.29, 0.717) is 0 Å². The topological polar surface area (TPSA) is 123 Å². The average molecular weight is 441 g/mol. The van der Waals surface area contributed by atoms with E-state index in [2.05, 4.69) is 27.7 Å². The molecular formula is C22H24N4O4S. The second-order valence-electron chi connectivity index (χ2n) is 7.33. The van der Waals surface area contributed by atoms with Crippen LogP contribution < -0.4 is 10.6 Å². The highest BCUT2D eigenvalue weighted by molar-refractivity contribution is 7.85. The van der Waals surface area contributed by atoms with E-state index in [9.17, 15) is 18.5 Å². The van der Waals surface area contributed by atoms with Gasteiger partial charge in [-0.2, -0.15) is 13.7 Å². The summed E-state index contributed by atoms with van der Waals surface area (Å²) in [6, 6.07) is 17.5. The molecule has 0 radical (unpaired) electrons. The standard InChI is InChI=1S/C22H24N4O4S/c23-14-18(22(27)25-20-7-4-8-21(13-20)31(28,29)30)15-24-19-9-11-26(12-10-19)16-17-5-2-1-3-6-17/h1-8,13,15,19,24H,9-12,16H2,(H,25,27)(H,28,29,30)/b18-15-. The number of hydrogen-bond donors (Lipinski definition) is 3. The van der Waals surface area contributed by atoms with Crippen molar-refractivity contribution in [1.29, 1.82) is 5.26 Å². The molecule has 0 saturated carbocycles. The molecule has 3 rings (SSSR count). The molecule has 2 aromatic rings. The van der Waals surface area contributed by atoms with Crippen molar-refractivity contribution < 1.29 is 17.8 Å². The fraction of sp³-hybridized carbons (Fsp3) is 0.273. The van der Waals surface area contributed by atoms with Gasteiger partial charge in [-0.25, -0.2) is 0 Å². The fourth-order valence-corrected chi connectivity index (χ4v) is 3.91. The number of carbonyl (C=O) groups is 1. The zero-order chi connectivity index (χ0) is 22.3. The van der Waals surface area contributed by atoms with E-state index in [1.165, 1.54) is 30.0 Å². The Labute approximate surface area is 181 Å². The van der Waals surface area contributed by atoms with Gasteiger partial charge >= 0.3 is 0 Å². The summed E-state index contributed by atoms with van der Waals surface area (Å²) in [6.07, 6.45) is 3.18. The summed E-state index contributed by atoms with van der Waals surface area (Å²) in [5.74, 6) is -0.663. The van der Waals surface area contributed by atoms with E-state index in [0.717, 1.165) is 38.5 Å². The van der Waals surface area contributed by atoms with Crippen molar-refractivity contribution in [2.24, 2.45) is 0 Å². The van der Waals surface area contributed by atoms with Crippen molar-refractivity contribution in [2.75, 3.05) is 18.4 Å². The highest BCUT2D eigenvalue weighted by Gasteiger charge is 2.19. The summed E-state index contributed by atoms with van der Waals surface area (Å²) in [4.78, 5) is 14.4. The Balaban J connectivity index is 1.53. The number of anilines is 1. The third kappa shape index (κ3) is 6.65. The Kier molecular flexibility index (Phi) is 7.41. The molecule has 1 saturated heterocycles. The Morgan fingerprint density at radius 2 is 1.87 bits per heavy atom. The third-order valence-corrected chi connectivity index (χ3v) is 5.90. The highest BCUT2D eigenvalue weighted by Crippen LogP contribution is 2.17. The summed E-state index contributed by atoms with van der Waals surface area (Å²) in [6.45, 7) is 2.73. The number of hydrogen-bond acceptors (Lipinski definition) is 6. The maximum absolute atomic E-state index is 12.4. The maximum atomic E-state index is 12.4. The van der Waals surface area contributed by atoms with Gasteiger partial charge in [-0.1, -0.05) is 36.4 Å². The van der Waals surface area contributed by atoms with Gasteiger partial charge in [-0.05, 0) is 36.6 Å². The predicted molar refractivity (Wildman–Crippen MR) is 116 cm³/mol. The first-order valence-corrected chi connectivity index (χ1v) is 11.3. The predicted octanol–water partition coefficient (Wildman–Crippen LogP) is 2.53. The van der Waals surface area contributed by atoms with E-state index < -0.39 is 16.0 Å². The van der Waals surface area contributed by atoms with Crippen LogP contribution in [0, 0.1) is 11.3 Å². The van der Waals surface area contributed by atoms with Crippen molar-refractivity contribution in [3.8, 4) is 6.07 Å². The van der Waals surface area contributed by atoms with Crippen LogP contribution in [0.25, 0.3) is 0 Å². The smallest absolute Gasteiger partial charge is 0.294 e. The first-order valence-electron chi connectivity index (χ1n) is 9.86. The van der Waals surface area contributed by atoms with Crippen molar-refractivity contribution in [3.63, 3.8) is 0 Å². The van der Waals surface area contributed by atoms with Crippen molar-refractivity contribution >= 4 is 21.7 Å². The van der Waals surface area contributed by atoms with Crippen molar-refractivity contribution in [1.82, 2.24) is 10.2 Å². The second-order valence-corrected chi connectivity index (χ2v) is 8.75. The van der Waals surface area contributed by atoms with Gasteiger partial charge in [0.1, 0.15) is 11.6 Å². The summed E-state index contributed by atoms with van der Waals surface area (Å²) < 4.78 is 31.6. The molecule has 0 unspecified atom stereocenters. The fourth-order valence-electron chi connectivity index (χ4n) is 3.38. The molecule has 0 aliphatic carbocycles. The zero-order valence-corrected chi connectivity index (χ0v) is 17.7. The molecule has 1 aliphatic rings. The monoisotopic (exact) mass is 440 g/mol. The summed E-state index contributed by atoms with van der Waals surface area (Å²) in [7, 11) is -4.38. The summed E-state index contributed by atoms with van der Waals surface area (Å²) >= 11 is 0. The van der Waals surface area contributed by atoms with Crippen LogP contribution in [0.4, 0.5) is 5.69 Å². The maximum Gasteiger partial charge on any atom is 0.294 e. The van der Waals surface area contributed by atoms with Crippen LogP contribution in [0.5, 0.6) is 0 Å². The van der Waals surface area contributed by atoms with E-state index in [1.807, 2.05) is 24.3 Å². The normalized spacial score (nSPS) is 15.8. The number of piperidine rings is 1. The van der Waals surface area contributed by atoms with Crippen LogP contribution in [-0.4, -0.2) is 42.9 Å². The molecule has 8 nitrogen and oxygen atoms in total. The molecule has 1 heterocycles. The van der Waals surface area contributed by atoms with E-state index in [-0.39, 0.29) is 22.2 Å². The van der Waals surface area contributed by atoms with Crippen LogP contribution in [-0.2, 0) is 21.5 Å². The Hall–Kier alpha value is -3.19. The number of nitrogens with one attached hydrogen (secondary N) is 2. The van der Waals surface area contributed by atoms with E-state index >= 15 is 0 Å². The number of likely N-dealkylation sites (tertiary alicyclic amines) is 1. The Morgan fingerprint density at radius 1 is 1.16 bits per heavy atom. The molecule has 0 spiro atoms. The molecular weight excluding hydrogens is 416 g/mol. The second kappa shape index (κ2) is 10.2. The highest BCUT2D eigenvalue weighted by atomic mass is 32.2. The largest absolute Gasteiger partial charge is 0.387 e. The lowest BCUT2D eigenvalue weighted by molar-refractivity contribution is -0.112.